The molecule has 0 spiro atoms. The second kappa shape index (κ2) is 6.91. The van der Waals surface area contributed by atoms with E-state index in [-0.39, 0.29) is 5.91 Å². The van der Waals surface area contributed by atoms with E-state index >= 15 is 0 Å². The molecule has 20 heavy (non-hydrogen) atoms. The van der Waals surface area contributed by atoms with Crippen molar-refractivity contribution >= 4 is 5.91 Å². The highest BCUT2D eigenvalue weighted by Crippen LogP contribution is 2.12. The van der Waals surface area contributed by atoms with Crippen molar-refractivity contribution in [2.75, 3.05) is 13.1 Å². The highest BCUT2D eigenvalue weighted by molar-refractivity contribution is 5.94. The smallest absolute Gasteiger partial charge is 0.254 e. The van der Waals surface area contributed by atoms with Crippen LogP contribution in [0.5, 0.6) is 0 Å². The van der Waals surface area contributed by atoms with Crippen LogP contribution in [0.3, 0.4) is 0 Å². The third-order valence-corrected chi connectivity index (χ3v) is 3.23. The molecule has 1 amide bonds. The molecule has 0 aliphatic heterocycles. The molecular formula is C16H20N2O2. The molecule has 0 saturated carbocycles. The quantitative estimate of drug-likeness (QED) is 0.878. The van der Waals surface area contributed by atoms with Crippen molar-refractivity contribution in [3.8, 4) is 0 Å². The number of rotatable bonds is 6. The molecule has 0 fully saturated rings. The lowest BCUT2D eigenvalue weighted by Gasteiger charge is -2.19. The summed E-state index contributed by atoms with van der Waals surface area (Å²) >= 11 is 0. The third kappa shape index (κ3) is 3.48. The Kier molecular flexibility index (Phi) is 4.96. The first-order valence-corrected chi connectivity index (χ1v) is 6.85. The van der Waals surface area contributed by atoms with Crippen LogP contribution in [0.4, 0.5) is 0 Å². The van der Waals surface area contributed by atoms with Crippen LogP contribution >= 0.6 is 0 Å². The van der Waals surface area contributed by atoms with E-state index in [4.69, 9.17) is 10.2 Å². The van der Waals surface area contributed by atoms with Crippen LogP contribution in [0.2, 0.25) is 0 Å². The molecule has 4 heteroatoms. The first kappa shape index (κ1) is 14.3. The van der Waals surface area contributed by atoms with Crippen molar-refractivity contribution in [2.45, 2.75) is 19.9 Å². The van der Waals surface area contributed by atoms with Crippen LogP contribution in [0.1, 0.15) is 28.6 Å². The van der Waals surface area contributed by atoms with E-state index in [9.17, 15) is 4.79 Å². The molecule has 0 unspecified atom stereocenters. The van der Waals surface area contributed by atoms with E-state index in [1.165, 1.54) is 0 Å². The van der Waals surface area contributed by atoms with Gasteiger partial charge in [0.1, 0.15) is 5.76 Å². The van der Waals surface area contributed by atoms with Gasteiger partial charge in [-0.1, -0.05) is 12.1 Å². The summed E-state index contributed by atoms with van der Waals surface area (Å²) in [5.74, 6) is 0.808. The molecule has 2 aromatic rings. The molecule has 2 N–H and O–H groups in total. The van der Waals surface area contributed by atoms with Crippen molar-refractivity contribution < 1.29 is 9.21 Å². The lowest BCUT2D eigenvalue weighted by molar-refractivity contribution is 0.0741. The number of hydrogen-bond donors (Lipinski definition) is 1. The monoisotopic (exact) mass is 272 g/mol. The summed E-state index contributed by atoms with van der Waals surface area (Å²) in [4.78, 5) is 14.2. The van der Waals surface area contributed by atoms with Crippen LogP contribution in [-0.2, 0) is 13.0 Å². The minimum absolute atomic E-state index is 0.0169. The second-order valence-electron chi connectivity index (χ2n) is 4.63. The average molecular weight is 272 g/mol. The summed E-state index contributed by atoms with van der Waals surface area (Å²) in [5.41, 5.74) is 7.36. The van der Waals surface area contributed by atoms with Crippen molar-refractivity contribution in [1.29, 1.82) is 0 Å². The Hall–Kier alpha value is -2.07. The van der Waals surface area contributed by atoms with Crippen molar-refractivity contribution in [2.24, 2.45) is 5.73 Å². The first-order valence-electron chi connectivity index (χ1n) is 6.85. The van der Waals surface area contributed by atoms with Crippen LogP contribution in [0, 0.1) is 0 Å². The molecule has 0 saturated heterocycles. The van der Waals surface area contributed by atoms with Gasteiger partial charge in [-0.15, -0.1) is 0 Å². The Labute approximate surface area is 119 Å². The number of carbonyl (C=O) groups is 1. The Balaban J connectivity index is 2.07. The van der Waals surface area contributed by atoms with E-state index < -0.39 is 0 Å². The normalized spacial score (nSPS) is 10.5. The topological polar surface area (TPSA) is 59.5 Å². The fourth-order valence-corrected chi connectivity index (χ4v) is 2.08. The largest absolute Gasteiger partial charge is 0.467 e. The minimum atomic E-state index is 0.0169. The van der Waals surface area contributed by atoms with Gasteiger partial charge in [0.15, 0.2) is 0 Å². The predicted molar refractivity (Wildman–Crippen MR) is 78.3 cm³/mol. The first-order chi connectivity index (χ1) is 9.74. The molecule has 0 aliphatic rings. The summed E-state index contributed by atoms with van der Waals surface area (Å²) in [7, 11) is 0. The molecule has 1 aromatic heterocycles. The fraction of sp³-hybridized carbons (Fsp3) is 0.312. The summed E-state index contributed by atoms with van der Waals surface area (Å²) in [6, 6.07) is 11.3. The number of hydrogen-bond acceptors (Lipinski definition) is 3. The summed E-state index contributed by atoms with van der Waals surface area (Å²) in [6.07, 6.45) is 2.45. The molecule has 0 bridgehead atoms. The van der Waals surface area contributed by atoms with Gasteiger partial charge in [-0.3, -0.25) is 4.79 Å². The van der Waals surface area contributed by atoms with Crippen molar-refractivity contribution in [3.05, 3.63) is 59.5 Å². The standard InChI is InChI=1S/C16H20N2O2/c1-2-18(12-15-4-3-11-20-15)16(19)14-7-5-13(6-8-14)9-10-17/h3-8,11H,2,9-10,12,17H2,1H3. The van der Waals surface area contributed by atoms with Gasteiger partial charge < -0.3 is 15.1 Å². The zero-order valence-corrected chi connectivity index (χ0v) is 11.7. The fourth-order valence-electron chi connectivity index (χ4n) is 2.08. The summed E-state index contributed by atoms with van der Waals surface area (Å²) in [6.45, 7) is 3.72. The van der Waals surface area contributed by atoms with Gasteiger partial charge in [0, 0.05) is 12.1 Å². The van der Waals surface area contributed by atoms with Gasteiger partial charge in [0.2, 0.25) is 0 Å². The summed E-state index contributed by atoms with van der Waals surface area (Å²) in [5, 5.41) is 0. The number of amides is 1. The lowest BCUT2D eigenvalue weighted by Crippen LogP contribution is -2.30. The zero-order chi connectivity index (χ0) is 14.4. The van der Waals surface area contributed by atoms with E-state index in [1.807, 2.05) is 43.3 Å². The maximum Gasteiger partial charge on any atom is 0.254 e. The highest BCUT2D eigenvalue weighted by atomic mass is 16.3. The van der Waals surface area contributed by atoms with E-state index in [0.29, 0.717) is 25.2 Å². The Morgan fingerprint density at radius 1 is 1.25 bits per heavy atom. The van der Waals surface area contributed by atoms with Gasteiger partial charge in [0.25, 0.3) is 5.91 Å². The van der Waals surface area contributed by atoms with Gasteiger partial charge in [0.05, 0.1) is 12.8 Å². The van der Waals surface area contributed by atoms with Gasteiger partial charge in [-0.05, 0) is 49.7 Å². The molecule has 0 aliphatic carbocycles. The Morgan fingerprint density at radius 3 is 2.55 bits per heavy atom. The van der Waals surface area contributed by atoms with Crippen LogP contribution < -0.4 is 5.73 Å². The van der Waals surface area contributed by atoms with E-state index in [2.05, 4.69) is 0 Å². The van der Waals surface area contributed by atoms with Crippen LogP contribution in [-0.4, -0.2) is 23.9 Å². The molecule has 106 valence electrons. The number of carbonyl (C=O) groups excluding carboxylic acids is 1. The molecule has 2 rings (SSSR count). The highest BCUT2D eigenvalue weighted by Gasteiger charge is 2.15. The average Bonchev–Trinajstić information content (AvgIpc) is 2.98. The van der Waals surface area contributed by atoms with E-state index in [1.54, 1.807) is 11.2 Å². The van der Waals surface area contributed by atoms with Gasteiger partial charge >= 0.3 is 0 Å². The minimum Gasteiger partial charge on any atom is -0.467 e. The molecule has 0 atom stereocenters. The van der Waals surface area contributed by atoms with Crippen molar-refractivity contribution in [3.63, 3.8) is 0 Å². The van der Waals surface area contributed by atoms with Crippen LogP contribution in [0.25, 0.3) is 0 Å². The predicted octanol–water partition coefficient (Wildman–Crippen LogP) is 2.44. The Bertz CT molecular complexity index is 532. The SMILES string of the molecule is CCN(Cc1ccco1)C(=O)c1ccc(CCN)cc1. The van der Waals surface area contributed by atoms with Crippen molar-refractivity contribution in [1.82, 2.24) is 4.90 Å². The maximum absolute atomic E-state index is 12.4. The van der Waals surface area contributed by atoms with E-state index in [0.717, 1.165) is 17.7 Å². The molecule has 1 aromatic carbocycles. The number of nitrogens with two attached hydrogens (primary N) is 1. The Morgan fingerprint density at radius 2 is 2.00 bits per heavy atom. The molecular weight excluding hydrogens is 252 g/mol. The number of benzene rings is 1. The number of furan rings is 1. The molecule has 4 nitrogen and oxygen atoms in total. The zero-order valence-electron chi connectivity index (χ0n) is 11.7. The second-order valence-corrected chi connectivity index (χ2v) is 4.63. The van der Waals surface area contributed by atoms with Gasteiger partial charge in [-0.2, -0.15) is 0 Å². The molecule has 0 radical (unpaired) electrons. The molecule has 1 heterocycles. The summed E-state index contributed by atoms with van der Waals surface area (Å²) < 4.78 is 5.30. The number of nitrogens with zero attached hydrogens (tertiary/aromatic N) is 1. The maximum atomic E-state index is 12.4. The third-order valence-electron chi connectivity index (χ3n) is 3.23. The lowest BCUT2D eigenvalue weighted by atomic mass is 10.1. The van der Waals surface area contributed by atoms with Crippen LogP contribution in [0.15, 0.2) is 47.1 Å². The van der Waals surface area contributed by atoms with Gasteiger partial charge in [-0.25, -0.2) is 0 Å².